The lowest BCUT2D eigenvalue weighted by molar-refractivity contribution is 0.322. The van der Waals surface area contributed by atoms with Crippen LogP contribution in [0.4, 0.5) is 4.39 Å². The third-order valence-corrected chi connectivity index (χ3v) is 4.32. The fourth-order valence-corrected chi connectivity index (χ4v) is 2.87. The molecular formula is C21H28FN3O3. The molecule has 0 aliphatic rings. The molecule has 6 nitrogen and oxygen atoms in total. The van der Waals surface area contributed by atoms with Gasteiger partial charge in [0, 0.05) is 25.7 Å². The van der Waals surface area contributed by atoms with Gasteiger partial charge < -0.3 is 24.8 Å². The van der Waals surface area contributed by atoms with E-state index in [1.54, 1.807) is 40.5 Å². The number of hydrogen-bond donors (Lipinski definition) is 2. The summed E-state index contributed by atoms with van der Waals surface area (Å²) in [4.78, 5) is 4.23. The Morgan fingerprint density at radius 2 is 1.50 bits per heavy atom. The fraction of sp³-hybridized carbons (Fsp3) is 0.381. The fourth-order valence-electron chi connectivity index (χ4n) is 2.87. The van der Waals surface area contributed by atoms with Crippen molar-refractivity contribution in [3.05, 3.63) is 53.3 Å². The molecule has 28 heavy (non-hydrogen) atoms. The molecule has 0 saturated carbocycles. The molecule has 0 spiro atoms. The third kappa shape index (κ3) is 5.77. The molecule has 0 saturated heterocycles. The highest BCUT2D eigenvalue weighted by Gasteiger charge is 2.15. The lowest BCUT2D eigenvalue weighted by Crippen LogP contribution is -2.39. The van der Waals surface area contributed by atoms with E-state index in [9.17, 15) is 4.39 Å². The van der Waals surface area contributed by atoms with E-state index in [4.69, 9.17) is 14.2 Å². The molecule has 0 aliphatic carbocycles. The van der Waals surface area contributed by atoms with Gasteiger partial charge in [-0.2, -0.15) is 0 Å². The number of nitrogens with zero attached hydrogens (tertiary/aromatic N) is 1. The van der Waals surface area contributed by atoms with Crippen LogP contribution in [0.1, 0.15) is 11.1 Å². The molecule has 0 radical (unpaired) electrons. The average Bonchev–Trinajstić information content (AvgIpc) is 2.73. The van der Waals surface area contributed by atoms with Gasteiger partial charge in [0.15, 0.2) is 17.5 Å². The number of nitrogens with one attached hydrogen (secondary N) is 2. The van der Waals surface area contributed by atoms with Crippen LogP contribution in [0.15, 0.2) is 41.4 Å². The van der Waals surface area contributed by atoms with Crippen molar-refractivity contribution in [1.82, 2.24) is 10.6 Å². The van der Waals surface area contributed by atoms with Gasteiger partial charge in [0.05, 0.1) is 21.3 Å². The smallest absolute Gasteiger partial charge is 0.203 e. The maximum Gasteiger partial charge on any atom is 0.203 e. The minimum atomic E-state index is -0.222. The second kappa shape index (κ2) is 11.0. The van der Waals surface area contributed by atoms with Gasteiger partial charge in [-0.3, -0.25) is 4.99 Å². The van der Waals surface area contributed by atoms with Crippen LogP contribution in [0.25, 0.3) is 0 Å². The Bertz CT molecular complexity index is 779. The number of rotatable bonds is 9. The largest absolute Gasteiger partial charge is 0.493 e. The first kappa shape index (κ1) is 21.3. The molecule has 0 heterocycles. The van der Waals surface area contributed by atoms with Crippen molar-refractivity contribution in [3.63, 3.8) is 0 Å². The number of hydrogen-bond acceptors (Lipinski definition) is 4. The molecule has 0 fully saturated rings. The molecule has 0 amide bonds. The minimum absolute atomic E-state index is 0.222. The summed E-state index contributed by atoms with van der Waals surface area (Å²) in [5.74, 6) is 2.38. The summed E-state index contributed by atoms with van der Waals surface area (Å²) < 4.78 is 29.2. The molecule has 2 rings (SSSR count). The van der Waals surface area contributed by atoms with Gasteiger partial charge in [0.25, 0.3) is 0 Å². The number of benzene rings is 2. The zero-order valence-electron chi connectivity index (χ0n) is 16.8. The summed E-state index contributed by atoms with van der Waals surface area (Å²) >= 11 is 0. The van der Waals surface area contributed by atoms with Crippen molar-refractivity contribution in [3.8, 4) is 17.2 Å². The van der Waals surface area contributed by atoms with Gasteiger partial charge in [0.1, 0.15) is 5.82 Å². The Kier molecular flexibility index (Phi) is 8.39. The highest BCUT2D eigenvalue weighted by atomic mass is 19.1. The number of guanidine groups is 1. The van der Waals surface area contributed by atoms with Gasteiger partial charge in [-0.1, -0.05) is 18.2 Å². The molecule has 7 heteroatoms. The first-order valence-electron chi connectivity index (χ1n) is 9.09. The highest BCUT2D eigenvalue weighted by Crippen LogP contribution is 2.39. The molecule has 152 valence electrons. The van der Waals surface area contributed by atoms with E-state index in [2.05, 4.69) is 15.6 Å². The van der Waals surface area contributed by atoms with E-state index in [-0.39, 0.29) is 5.82 Å². The first-order chi connectivity index (χ1) is 13.6. The zero-order valence-corrected chi connectivity index (χ0v) is 16.8. The van der Waals surface area contributed by atoms with Crippen LogP contribution in [-0.2, 0) is 12.8 Å². The molecule has 0 aromatic heterocycles. The standard InChI is InChI=1S/C21H28FN3O3/c1-23-21(24-13-11-15-5-8-17(22)9-6-15)25-14-12-16-7-10-18(26-2)20(28-4)19(16)27-3/h5-10H,11-14H2,1-4H3,(H2,23,24,25). The summed E-state index contributed by atoms with van der Waals surface area (Å²) in [5.41, 5.74) is 2.08. The van der Waals surface area contributed by atoms with Gasteiger partial charge in [-0.15, -0.1) is 0 Å². The minimum Gasteiger partial charge on any atom is -0.493 e. The number of aliphatic imine (C=N–C) groups is 1. The Morgan fingerprint density at radius 1 is 0.857 bits per heavy atom. The van der Waals surface area contributed by atoms with Gasteiger partial charge >= 0.3 is 0 Å². The van der Waals surface area contributed by atoms with Gasteiger partial charge in [-0.05, 0) is 36.6 Å². The molecule has 2 aromatic rings. The van der Waals surface area contributed by atoms with Crippen LogP contribution < -0.4 is 24.8 Å². The summed E-state index contributed by atoms with van der Waals surface area (Å²) in [6, 6.07) is 10.4. The normalized spacial score (nSPS) is 11.1. The monoisotopic (exact) mass is 389 g/mol. The van der Waals surface area contributed by atoms with E-state index in [1.165, 1.54) is 12.1 Å². The van der Waals surface area contributed by atoms with Crippen LogP contribution in [0, 0.1) is 5.82 Å². The third-order valence-electron chi connectivity index (χ3n) is 4.32. The maximum absolute atomic E-state index is 12.9. The number of halogens is 1. The lowest BCUT2D eigenvalue weighted by atomic mass is 10.1. The van der Waals surface area contributed by atoms with E-state index in [1.807, 2.05) is 12.1 Å². The Morgan fingerprint density at radius 3 is 2.07 bits per heavy atom. The molecule has 0 unspecified atom stereocenters. The van der Waals surface area contributed by atoms with E-state index in [0.717, 1.165) is 24.0 Å². The van der Waals surface area contributed by atoms with Gasteiger partial charge in [0.2, 0.25) is 5.75 Å². The summed E-state index contributed by atoms with van der Waals surface area (Å²) in [5, 5.41) is 6.54. The van der Waals surface area contributed by atoms with Crippen molar-refractivity contribution in [2.45, 2.75) is 12.8 Å². The quantitative estimate of drug-likeness (QED) is 0.510. The average molecular weight is 389 g/mol. The van der Waals surface area contributed by atoms with Crippen LogP contribution in [0.3, 0.4) is 0 Å². The summed E-state index contributed by atoms with van der Waals surface area (Å²) in [6.07, 6.45) is 1.51. The molecule has 2 N–H and O–H groups in total. The molecule has 0 atom stereocenters. The highest BCUT2D eigenvalue weighted by molar-refractivity contribution is 5.79. The predicted molar refractivity (Wildman–Crippen MR) is 109 cm³/mol. The topological polar surface area (TPSA) is 64.1 Å². The molecule has 0 bridgehead atoms. The van der Waals surface area contributed by atoms with Crippen molar-refractivity contribution >= 4 is 5.96 Å². The van der Waals surface area contributed by atoms with Crippen LogP contribution in [0.5, 0.6) is 17.2 Å². The number of methoxy groups -OCH3 is 3. The van der Waals surface area contributed by atoms with E-state index < -0.39 is 0 Å². The Balaban J connectivity index is 1.86. The second-order valence-corrected chi connectivity index (χ2v) is 6.05. The molecule has 2 aromatic carbocycles. The van der Waals surface area contributed by atoms with Crippen molar-refractivity contribution in [1.29, 1.82) is 0 Å². The van der Waals surface area contributed by atoms with Gasteiger partial charge in [-0.25, -0.2) is 4.39 Å². The van der Waals surface area contributed by atoms with Crippen LogP contribution in [0.2, 0.25) is 0 Å². The van der Waals surface area contributed by atoms with Crippen LogP contribution >= 0.6 is 0 Å². The Labute approximate surface area is 165 Å². The zero-order chi connectivity index (χ0) is 20.4. The summed E-state index contributed by atoms with van der Waals surface area (Å²) in [7, 11) is 6.53. The molecule has 0 aliphatic heterocycles. The second-order valence-electron chi connectivity index (χ2n) is 6.05. The van der Waals surface area contributed by atoms with E-state index in [0.29, 0.717) is 36.3 Å². The first-order valence-corrected chi connectivity index (χ1v) is 9.09. The predicted octanol–water partition coefficient (Wildman–Crippen LogP) is 2.80. The number of ether oxygens (including phenoxy) is 3. The molecular weight excluding hydrogens is 361 g/mol. The SMILES string of the molecule is CN=C(NCCc1ccc(F)cc1)NCCc1ccc(OC)c(OC)c1OC. The lowest BCUT2D eigenvalue weighted by Gasteiger charge is -2.16. The van der Waals surface area contributed by atoms with Crippen molar-refractivity contribution in [2.75, 3.05) is 41.5 Å². The van der Waals surface area contributed by atoms with Crippen molar-refractivity contribution in [2.24, 2.45) is 4.99 Å². The van der Waals surface area contributed by atoms with E-state index >= 15 is 0 Å². The van der Waals surface area contributed by atoms with Crippen molar-refractivity contribution < 1.29 is 18.6 Å². The van der Waals surface area contributed by atoms with Crippen LogP contribution in [-0.4, -0.2) is 47.4 Å². The maximum atomic E-state index is 12.9. The summed E-state index contributed by atoms with van der Waals surface area (Å²) in [6.45, 7) is 1.37. The Hall–Kier alpha value is -2.96.